The zero-order valence-corrected chi connectivity index (χ0v) is 12.6. The van der Waals surface area contributed by atoms with Crippen LogP contribution in [0.5, 0.6) is 0 Å². The molecule has 0 saturated carbocycles. The number of nitrogens with zero attached hydrogens (tertiary/aromatic N) is 1. The fourth-order valence-electron chi connectivity index (χ4n) is 2.20. The Morgan fingerprint density at radius 1 is 1.19 bits per heavy atom. The molecule has 1 aromatic carbocycles. The first-order chi connectivity index (χ1) is 10.1. The SMILES string of the molecule is CC(C)c1ccc(C(=O)NCC(=O)N2CCOCC2)cc1. The van der Waals surface area contributed by atoms with Gasteiger partial charge in [0, 0.05) is 18.7 Å². The average Bonchev–Trinajstić information content (AvgIpc) is 2.53. The number of hydrogen-bond donors (Lipinski definition) is 1. The van der Waals surface area contributed by atoms with Crippen LogP contribution in [0.15, 0.2) is 24.3 Å². The Kier molecular flexibility index (Phi) is 5.33. The highest BCUT2D eigenvalue weighted by molar-refractivity contribution is 5.96. The second-order valence-corrected chi connectivity index (χ2v) is 5.45. The predicted octanol–water partition coefficient (Wildman–Crippen LogP) is 1.40. The van der Waals surface area contributed by atoms with Gasteiger partial charge in [-0.25, -0.2) is 0 Å². The summed E-state index contributed by atoms with van der Waals surface area (Å²) in [4.78, 5) is 25.7. The van der Waals surface area contributed by atoms with Gasteiger partial charge in [-0.3, -0.25) is 9.59 Å². The van der Waals surface area contributed by atoms with Crippen LogP contribution in [-0.2, 0) is 9.53 Å². The van der Waals surface area contributed by atoms with Gasteiger partial charge in [-0.2, -0.15) is 0 Å². The molecule has 0 aliphatic carbocycles. The molecule has 0 bridgehead atoms. The first-order valence-electron chi connectivity index (χ1n) is 7.31. The van der Waals surface area contributed by atoms with Gasteiger partial charge in [-0.05, 0) is 23.6 Å². The Morgan fingerprint density at radius 3 is 2.38 bits per heavy atom. The van der Waals surface area contributed by atoms with Crippen molar-refractivity contribution in [3.8, 4) is 0 Å². The molecule has 0 aromatic heterocycles. The van der Waals surface area contributed by atoms with E-state index in [-0.39, 0.29) is 18.4 Å². The van der Waals surface area contributed by atoms with E-state index in [1.165, 1.54) is 5.56 Å². The van der Waals surface area contributed by atoms with Crippen molar-refractivity contribution in [3.63, 3.8) is 0 Å². The molecule has 1 fully saturated rings. The summed E-state index contributed by atoms with van der Waals surface area (Å²) < 4.78 is 5.19. The summed E-state index contributed by atoms with van der Waals surface area (Å²) in [7, 11) is 0. The van der Waals surface area contributed by atoms with E-state index in [4.69, 9.17) is 4.74 Å². The molecule has 0 unspecified atom stereocenters. The van der Waals surface area contributed by atoms with Gasteiger partial charge in [0.1, 0.15) is 0 Å². The Morgan fingerprint density at radius 2 is 1.81 bits per heavy atom. The van der Waals surface area contributed by atoms with E-state index in [1.54, 1.807) is 17.0 Å². The van der Waals surface area contributed by atoms with E-state index in [0.29, 0.717) is 37.8 Å². The van der Waals surface area contributed by atoms with Gasteiger partial charge in [0.05, 0.1) is 19.8 Å². The smallest absolute Gasteiger partial charge is 0.251 e. The number of rotatable bonds is 4. The lowest BCUT2D eigenvalue weighted by Crippen LogP contribution is -2.45. The lowest BCUT2D eigenvalue weighted by atomic mass is 10.0. The van der Waals surface area contributed by atoms with Crippen molar-refractivity contribution in [2.24, 2.45) is 0 Å². The molecule has 1 heterocycles. The molecule has 2 amide bonds. The van der Waals surface area contributed by atoms with Crippen LogP contribution < -0.4 is 5.32 Å². The van der Waals surface area contributed by atoms with Crippen LogP contribution in [0.2, 0.25) is 0 Å². The molecule has 0 atom stereocenters. The van der Waals surface area contributed by atoms with Crippen LogP contribution in [0.1, 0.15) is 35.7 Å². The summed E-state index contributed by atoms with van der Waals surface area (Å²) in [5, 5.41) is 2.67. The lowest BCUT2D eigenvalue weighted by molar-refractivity contribution is -0.134. The maximum absolute atomic E-state index is 12.0. The number of carbonyl (C=O) groups is 2. The van der Waals surface area contributed by atoms with Crippen molar-refractivity contribution < 1.29 is 14.3 Å². The van der Waals surface area contributed by atoms with Gasteiger partial charge < -0.3 is 15.0 Å². The largest absolute Gasteiger partial charge is 0.378 e. The molecule has 1 N–H and O–H groups in total. The topological polar surface area (TPSA) is 58.6 Å². The van der Waals surface area contributed by atoms with E-state index in [0.717, 1.165) is 0 Å². The maximum Gasteiger partial charge on any atom is 0.251 e. The minimum absolute atomic E-state index is 0.0325. The molecule has 0 radical (unpaired) electrons. The first-order valence-corrected chi connectivity index (χ1v) is 7.31. The van der Waals surface area contributed by atoms with Gasteiger partial charge in [-0.1, -0.05) is 26.0 Å². The molecule has 1 aliphatic rings. The highest BCUT2D eigenvalue weighted by Crippen LogP contribution is 2.14. The third kappa shape index (κ3) is 4.29. The normalized spacial score (nSPS) is 15.1. The second-order valence-electron chi connectivity index (χ2n) is 5.45. The van der Waals surface area contributed by atoms with E-state index >= 15 is 0 Å². The molecular weight excluding hydrogens is 268 g/mol. The summed E-state index contributed by atoms with van der Waals surface area (Å²) in [6.07, 6.45) is 0. The van der Waals surface area contributed by atoms with E-state index in [2.05, 4.69) is 19.2 Å². The summed E-state index contributed by atoms with van der Waals surface area (Å²) in [6, 6.07) is 7.49. The van der Waals surface area contributed by atoms with Gasteiger partial charge in [0.2, 0.25) is 5.91 Å². The molecule has 5 heteroatoms. The Balaban J connectivity index is 1.84. The number of amides is 2. The molecule has 2 rings (SSSR count). The van der Waals surface area contributed by atoms with Crippen LogP contribution in [0.4, 0.5) is 0 Å². The van der Waals surface area contributed by atoms with Crippen molar-refractivity contribution in [2.45, 2.75) is 19.8 Å². The Bertz CT molecular complexity index is 491. The lowest BCUT2D eigenvalue weighted by Gasteiger charge is -2.26. The average molecular weight is 290 g/mol. The van der Waals surface area contributed by atoms with Gasteiger partial charge in [-0.15, -0.1) is 0 Å². The van der Waals surface area contributed by atoms with E-state index in [1.807, 2.05) is 12.1 Å². The zero-order chi connectivity index (χ0) is 15.2. The summed E-state index contributed by atoms with van der Waals surface area (Å²) in [6.45, 7) is 6.57. The minimum Gasteiger partial charge on any atom is -0.378 e. The summed E-state index contributed by atoms with van der Waals surface area (Å²) >= 11 is 0. The maximum atomic E-state index is 12.0. The van der Waals surface area contributed by atoms with Crippen molar-refractivity contribution in [1.82, 2.24) is 10.2 Å². The number of nitrogens with one attached hydrogen (secondary N) is 1. The molecule has 0 spiro atoms. The summed E-state index contributed by atoms with van der Waals surface area (Å²) in [5.41, 5.74) is 1.77. The van der Waals surface area contributed by atoms with E-state index in [9.17, 15) is 9.59 Å². The van der Waals surface area contributed by atoms with Crippen LogP contribution in [0.25, 0.3) is 0 Å². The number of morpholine rings is 1. The van der Waals surface area contributed by atoms with Crippen LogP contribution >= 0.6 is 0 Å². The van der Waals surface area contributed by atoms with Crippen molar-refractivity contribution in [2.75, 3.05) is 32.8 Å². The molecular formula is C16H22N2O3. The highest BCUT2D eigenvalue weighted by Gasteiger charge is 2.17. The van der Waals surface area contributed by atoms with Crippen molar-refractivity contribution in [1.29, 1.82) is 0 Å². The molecule has 21 heavy (non-hydrogen) atoms. The third-order valence-corrected chi connectivity index (χ3v) is 3.60. The van der Waals surface area contributed by atoms with E-state index < -0.39 is 0 Å². The fourth-order valence-corrected chi connectivity index (χ4v) is 2.20. The van der Waals surface area contributed by atoms with Crippen LogP contribution in [-0.4, -0.2) is 49.6 Å². The Hall–Kier alpha value is -1.88. The minimum atomic E-state index is -0.216. The Labute approximate surface area is 125 Å². The standard InChI is InChI=1S/C16H22N2O3/c1-12(2)13-3-5-14(6-4-13)16(20)17-11-15(19)18-7-9-21-10-8-18/h3-6,12H,7-11H2,1-2H3,(H,17,20). The quantitative estimate of drug-likeness (QED) is 0.912. The monoisotopic (exact) mass is 290 g/mol. The first kappa shape index (κ1) is 15.5. The molecule has 114 valence electrons. The number of ether oxygens (including phenoxy) is 1. The van der Waals surface area contributed by atoms with Crippen molar-refractivity contribution in [3.05, 3.63) is 35.4 Å². The number of benzene rings is 1. The molecule has 1 aliphatic heterocycles. The second kappa shape index (κ2) is 7.22. The summed E-state index contributed by atoms with van der Waals surface area (Å²) in [5.74, 6) is 0.155. The van der Waals surface area contributed by atoms with Crippen LogP contribution in [0.3, 0.4) is 0 Å². The predicted molar refractivity (Wildman–Crippen MR) is 80.3 cm³/mol. The third-order valence-electron chi connectivity index (χ3n) is 3.60. The molecule has 5 nitrogen and oxygen atoms in total. The van der Waals surface area contributed by atoms with Gasteiger partial charge in [0.25, 0.3) is 5.91 Å². The van der Waals surface area contributed by atoms with Crippen molar-refractivity contribution >= 4 is 11.8 Å². The highest BCUT2D eigenvalue weighted by atomic mass is 16.5. The molecule has 1 aromatic rings. The number of carbonyl (C=O) groups excluding carboxylic acids is 2. The van der Waals surface area contributed by atoms with Gasteiger partial charge in [0.15, 0.2) is 0 Å². The zero-order valence-electron chi connectivity index (χ0n) is 12.6. The van der Waals surface area contributed by atoms with Crippen LogP contribution in [0, 0.1) is 0 Å². The van der Waals surface area contributed by atoms with Gasteiger partial charge >= 0.3 is 0 Å². The number of hydrogen-bond acceptors (Lipinski definition) is 3. The fraction of sp³-hybridized carbons (Fsp3) is 0.500. The molecule has 1 saturated heterocycles.